The third-order valence-corrected chi connectivity index (χ3v) is 4.08. The third-order valence-electron chi connectivity index (χ3n) is 4.08. The fraction of sp³-hybridized carbons (Fsp3) is 0.533. The highest BCUT2D eigenvalue weighted by atomic mass is 16.7. The van der Waals surface area contributed by atoms with E-state index in [1.165, 1.54) is 0 Å². The van der Waals surface area contributed by atoms with Crippen molar-refractivity contribution in [2.75, 3.05) is 13.7 Å². The smallest absolute Gasteiger partial charge is 0.492 e. The van der Waals surface area contributed by atoms with Gasteiger partial charge in [-0.25, -0.2) is 0 Å². The highest BCUT2D eigenvalue weighted by Crippen LogP contribution is 2.38. The Kier molecular flexibility index (Phi) is 4.42. The van der Waals surface area contributed by atoms with Crippen LogP contribution in [0, 0.1) is 0 Å². The molecule has 0 atom stereocenters. The molecule has 0 aromatic carbocycles. The van der Waals surface area contributed by atoms with Crippen LogP contribution < -0.4 is 4.74 Å². The standard InChI is InChI=1S/C15H22BNO4/c1-14(2)15(3,4)21-16(20-14)11(10-18)9-12-13(19-5)7-6-8-17-12/h6-9,18H,10H2,1-5H3. The quantitative estimate of drug-likeness (QED) is 0.861. The van der Waals surface area contributed by atoms with Crippen molar-refractivity contribution in [2.24, 2.45) is 0 Å². The van der Waals surface area contributed by atoms with E-state index in [0.717, 1.165) is 0 Å². The molecule has 5 nitrogen and oxygen atoms in total. The van der Waals surface area contributed by atoms with Gasteiger partial charge in [0.05, 0.1) is 24.9 Å². The summed E-state index contributed by atoms with van der Waals surface area (Å²) in [7, 11) is 0.994. The lowest BCUT2D eigenvalue weighted by Gasteiger charge is -2.32. The molecule has 2 heterocycles. The fourth-order valence-corrected chi connectivity index (χ4v) is 2.04. The minimum atomic E-state index is -0.591. The summed E-state index contributed by atoms with van der Waals surface area (Å²) in [4.78, 5) is 4.26. The van der Waals surface area contributed by atoms with Gasteiger partial charge < -0.3 is 19.2 Å². The lowest BCUT2D eigenvalue weighted by molar-refractivity contribution is 0.00578. The molecule has 0 bridgehead atoms. The van der Waals surface area contributed by atoms with Crippen molar-refractivity contribution in [1.82, 2.24) is 4.98 Å². The SMILES string of the molecule is COc1cccnc1C=C(CO)B1OC(C)(C)C(C)(C)O1. The number of aromatic nitrogens is 1. The van der Waals surface area contributed by atoms with Gasteiger partial charge in [0.1, 0.15) is 11.4 Å². The van der Waals surface area contributed by atoms with Gasteiger partial charge in [-0.15, -0.1) is 0 Å². The van der Waals surface area contributed by atoms with Crippen LogP contribution in [-0.4, -0.2) is 42.1 Å². The zero-order valence-electron chi connectivity index (χ0n) is 13.2. The first-order valence-electron chi connectivity index (χ1n) is 6.96. The topological polar surface area (TPSA) is 60.8 Å². The van der Waals surface area contributed by atoms with Gasteiger partial charge in [0, 0.05) is 6.20 Å². The molecule has 1 aliphatic heterocycles. The number of methoxy groups -OCH3 is 1. The summed E-state index contributed by atoms with van der Waals surface area (Å²) < 4.78 is 17.2. The Morgan fingerprint density at radius 2 is 1.95 bits per heavy atom. The van der Waals surface area contributed by atoms with Gasteiger partial charge in [-0.3, -0.25) is 4.98 Å². The molecule has 21 heavy (non-hydrogen) atoms. The van der Waals surface area contributed by atoms with Crippen LogP contribution in [-0.2, 0) is 9.31 Å². The molecule has 0 amide bonds. The predicted octanol–water partition coefficient (Wildman–Crippen LogP) is 2.10. The van der Waals surface area contributed by atoms with Crippen molar-refractivity contribution in [3.8, 4) is 5.75 Å². The summed E-state index contributed by atoms with van der Waals surface area (Å²) in [5.74, 6) is 0.639. The number of aliphatic hydroxyl groups excluding tert-OH is 1. The van der Waals surface area contributed by atoms with E-state index in [2.05, 4.69) is 4.98 Å². The predicted molar refractivity (Wildman–Crippen MR) is 81.9 cm³/mol. The van der Waals surface area contributed by atoms with E-state index >= 15 is 0 Å². The minimum Gasteiger partial charge on any atom is -0.494 e. The highest BCUT2D eigenvalue weighted by molar-refractivity contribution is 6.55. The zero-order valence-corrected chi connectivity index (χ0v) is 13.2. The van der Waals surface area contributed by atoms with Gasteiger partial charge in [-0.1, -0.05) is 0 Å². The van der Waals surface area contributed by atoms with Crippen LogP contribution in [0.5, 0.6) is 5.75 Å². The summed E-state index contributed by atoms with van der Waals surface area (Å²) in [6.07, 6.45) is 3.43. The number of nitrogens with zero attached hydrogens (tertiary/aromatic N) is 1. The van der Waals surface area contributed by atoms with Gasteiger partial charge >= 0.3 is 7.12 Å². The van der Waals surface area contributed by atoms with E-state index in [-0.39, 0.29) is 6.61 Å². The van der Waals surface area contributed by atoms with E-state index in [9.17, 15) is 5.11 Å². The monoisotopic (exact) mass is 291 g/mol. The van der Waals surface area contributed by atoms with Crippen LogP contribution in [0.3, 0.4) is 0 Å². The molecule has 0 aliphatic carbocycles. The van der Waals surface area contributed by atoms with E-state index in [1.807, 2.05) is 33.8 Å². The van der Waals surface area contributed by atoms with Crippen molar-refractivity contribution in [1.29, 1.82) is 0 Å². The van der Waals surface area contributed by atoms with Gasteiger partial charge in [0.2, 0.25) is 0 Å². The van der Waals surface area contributed by atoms with E-state index in [0.29, 0.717) is 16.9 Å². The maximum Gasteiger partial charge on any atom is 0.492 e. The Labute approximate surface area is 126 Å². The van der Waals surface area contributed by atoms with E-state index in [1.54, 1.807) is 25.4 Å². The molecule has 0 saturated carbocycles. The number of hydrogen-bond acceptors (Lipinski definition) is 5. The van der Waals surface area contributed by atoms with Crippen LogP contribution in [0.2, 0.25) is 0 Å². The Bertz CT molecular complexity index is 526. The van der Waals surface area contributed by atoms with Gasteiger partial charge in [-0.2, -0.15) is 0 Å². The van der Waals surface area contributed by atoms with Crippen molar-refractivity contribution in [3.63, 3.8) is 0 Å². The molecule has 6 heteroatoms. The lowest BCUT2D eigenvalue weighted by atomic mass is 9.78. The average molecular weight is 291 g/mol. The van der Waals surface area contributed by atoms with E-state index < -0.39 is 18.3 Å². The minimum absolute atomic E-state index is 0.170. The largest absolute Gasteiger partial charge is 0.494 e. The summed E-state index contributed by atoms with van der Waals surface area (Å²) in [5.41, 5.74) is 0.365. The Hall–Kier alpha value is -1.37. The molecule has 1 saturated heterocycles. The van der Waals surface area contributed by atoms with Crippen LogP contribution >= 0.6 is 0 Å². The van der Waals surface area contributed by atoms with Crippen molar-refractivity contribution >= 4 is 13.2 Å². The highest BCUT2D eigenvalue weighted by Gasteiger charge is 2.52. The summed E-state index contributed by atoms with van der Waals surface area (Å²) in [5, 5.41) is 9.65. The molecular formula is C15H22BNO4. The number of aliphatic hydroxyl groups is 1. The van der Waals surface area contributed by atoms with Crippen LogP contribution in [0.15, 0.2) is 23.8 Å². The molecular weight excluding hydrogens is 269 g/mol. The first-order valence-corrected chi connectivity index (χ1v) is 6.96. The van der Waals surface area contributed by atoms with Gasteiger partial charge in [0.25, 0.3) is 0 Å². The Morgan fingerprint density at radius 1 is 1.33 bits per heavy atom. The third kappa shape index (κ3) is 3.12. The van der Waals surface area contributed by atoms with Crippen molar-refractivity contribution in [2.45, 2.75) is 38.9 Å². The number of ether oxygens (including phenoxy) is 1. The van der Waals surface area contributed by atoms with Crippen molar-refractivity contribution < 1.29 is 19.2 Å². The molecule has 1 fully saturated rings. The second-order valence-electron chi connectivity index (χ2n) is 6.06. The number of hydrogen-bond donors (Lipinski definition) is 1. The summed E-state index contributed by atoms with van der Waals surface area (Å²) in [6.45, 7) is 7.73. The Balaban J connectivity index is 2.31. The fourth-order valence-electron chi connectivity index (χ4n) is 2.04. The van der Waals surface area contributed by atoms with Crippen LogP contribution in [0.4, 0.5) is 0 Å². The normalized spacial score (nSPS) is 20.7. The first kappa shape index (κ1) is 16.0. The maximum atomic E-state index is 9.65. The molecule has 0 radical (unpaired) electrons. The van der Waals surface area contributed by atoms with Crippen LogP contribution in [0.1, 0.15) is 33.4 Å². The number of rotatable bonds is 4. The van der Waals surface area contributed by atoms with Gasteiger partial charge in [-0.05, 0) is 51.4 Å². The molecule has 1 aromatic heterocycles. The van der Waals surface area contributed by atoms with Gasteiger partial charge in [0.15, 0.2) is 0 Å². The second-order valence-corrected chi connectivity index (χ2v) is 6.06. The molecule has 2 rings (SSSR count). The first-order chi connectivity index (χ1) is 9.80. The molecule has 114 valence electrons. The van der Waals surface area contributed by atoms with E-state index in [4.69, 9.17) is 14.0 Å². The van der Waals surface area contributed by atoms with Crippen molar-refractivity contribution in [3.05, 3.63) is 29.5 Å². The number of pyridine rings is 1. The lowest BCUT2D eigenvalue weighted by Crippen LogP contribution is -2.41. The molecule has 0 spiro atoms. The average Bonchev–Trinajstić information content (AvgIpc) is 2.65. The zero-order chi connectivity index (χ0) is 15.7. The Morgan fingerprint density at radius 3 is 2.48 bits per heavy atom. The maximum absolute atomic E-state index is 9.65. The second kappa shape index (κ2) is 5.79. The molecule has 0 unspecified atom stereocenters. The summed E-state index contributed by atoms with van der Waals surface area (Å²) >= 11 is 0. The molecule has 1 aliphatic rings. The molecule has 1 aromatic rings. The molecule has 1 N–H and O–H groups in total. The van der Waals surface area contributed by atoms with Crippen LogP contribution in [0.25, 0.3) is 6.08 Å². The summed E-state index contributed by atoms with van der Waals surface area (Å²) in [6, 6.07) is 3.61.